The number of carbonyl (C=O) groups excluding carboxylic acids is 2. The molecule has 0 unspecified atom stereocenters. The highest BCUT2D eigenvalue weighted by molar-refractivity contribution is 6.35. The number of nitrogens with zero attached hydrogens (tertiary/aromatic N) is 2. The lowest BCUT2D eigenvalue weighted by Crippen LogP contribution is -2.36. The van der Waals surface area contributed by atoms with Crippen molar-refractivity contribution in [2.24, 2.45) is 0 Å². The molecule has 142 valence electrons. The second-order valence-electron chi connectivity index (χ2n) is 6.03. The number of alkyl halides is 3. The number of aromatic nitrogens is 2. The zero-order chi connectivity index (χ0) is 20.1. The molecular weight excluding hydrogens is 377 g/mol. The molecule has 4 rings (SSSR count). The third-order valence-electron chi connectivity index (χ3n) is 4.13. The first kappa shape index (κ1) is 17.6. The summed E-state index contributed by atoms with van der Waals surface area (Å²) in [6, 6.07) is 9.45. The van der Waals surface area contributed by atoms with E-state index in [4.69, 9.17) is 5.73 Å². The fourth-order valence-electron chi connectivity index (χ4n) is 2.85. The lowest BCUT2D eigenvalue weighted by molar-refractivity contribution is -0.201. The number of hydrogen-bond donors (Lipinski definition) is 2. The Labute approximate surface area is 155 Å². The molecule has 1 amide bonds. The van der Waals surface area contributed by atoms with Gasteiger partial charge < -0.3 is 10.6 Å². The largest absolute Gasteiger partial charge is 0.493 e. The van der Waals surface area contributed by atoms with Gasteiger partial charge in [0.1, 0.15) is 0 Å². The molecule has 0 atom stereocenters. The first-order valence-corrected chi connectivity index (χ1v) is 7.92. The number of fused-ring (bicyclic) bond motifs is 2. The van der Waals surface area contributed by atoms with Gasteiger partial charge >= 0.3 is 12.1 Å². The van der Waals surface area contributed by atoms with Crippen molar-refractivity contribution < 1.29 is 27.6 Å². The molecule has 0 saturated heterocycles. The molecule has 0 radical (unpaired) electrons. The maximum atomic E-state index is 12.7. The van der Waals surface area contributed by atoms with E-state index in [9.17, 15) is 22.8 Å². The summed E-state index contributed by atoms with van der Waals surface area (Å²) in [6.45, 7) is 0. The van der Waals surface area contributed by atoms with Crippen LogP contribution in [-0.4, -0.2) is 28.3 Å². The van der Waals surface area contributed by atoms with Crippen LogP contribution < -0.4 is 10.8 Å². The van der Waals surface area contributed by atoms with Gasteiger partial charge in [0.15, 0.2) is 0 Å². The molecule has 2 aromatic carbocycles. The van der Waals surface area contributed by atoms with E-state index in [2.05, 4.69) is 15.0 Å². The van der Waals surface area contributed by atoms with E-state index in [-0.39, 0.29) is 16.9 Å². The van der Waals surface area contributed by atoms with Crippen LogP contribution in [0, 0.1) is 0 Å². The maximum Gasteiger partial charge on any atom is 0.493 e. The van der Waals surface area contributed by atoms with E-state index >= 15 is 0 Å². The standard InChI is InChI=1S/C18H11F3N4O3/c19-18(20,21)17(27)28-25-15-7-11(22)3-4-12(15)13(16(25)26)5-9-1-2-10-8-23-24-14(10)6-9/h1-8H,22H2,(H,23,24)/b13-5+. The SMILES string of the molecule is Nc1ccc2c(c1)N(OC(=O)C(F)(F)F)C(=O)/C2=C/c1ccc2cn[nH]c2c1. The Morgan fingerprint density at radius 1 is 1.21 bits per heavy atom. The van der Waals surface area contributed by atoms with Crippen LogP contribution in [0.4, 0.5) is 24.5 Å². The fraction of sp³-hybridized carbons (Fsp3) is 0.0556. The molecule has 28 heavy (non-hydrogen) atoms. The predicted molar refractivity (Wildman–Crippen MR) is 94.5 cm³/mol. The number of aromatic amines is 1. The number of nitrogens with one attached hydrogen (secondary N) is 1. The average molecular weight is 388 g/mol. The summed E-state index contributed by atoms with van der Waals surface area (Å²) >= 11 is 0. The van der Waals surface area contributed by atoms with Gasteiger partial charge in [-0.2, -0.15) is 18.3 Å². The fourth-order valence-corrected chi connectivity index (χ4v) is 2.85. The van der Waals surface area contributed by atoms with Gasteiger partial charge in [-0.15, -0.1) is 5.06 Å². The van der Waals surface area contributed by atoms with Gasteiger partial charge in [-0.3, -0.25) is 9.89 Å². The molecule has 7 nitrogen and oxygen atoms in total. The molecule has 3 N–H and O–H groups in total. The molecule has 0 aliphatic carbocycles. The minimum Gasteiger partial charge on any atom is -0.399 e. The van der Waals surface area contributed by atoms with Crippen molar-refractivity contribution in [2.45, 2.75) is 6.18 Å². The van der Waals surface area contributed by atoms with Crippen molar-refractivity contribution >= 4 is 45.8 Å². The molecule has 1 aliphatic rings. The Morgan fingerprint density at radius 2 is 2.00 bits per heavy atom. The summed E-state index contributed by atoms with van der Waals surface area (Å²) in [5.74, 6) is -3.42. The summed E-state index contributed by atoms with van der Waals surface area (Å²) in [4.78, 5) is 28.2. The number of nitrogen functional groups attached to an aromatic ring is 1. The van der Waals surface area contributed by atoms with Crippen molar-refractivity contribution in [3.8, 4) is 0 Å². The molecule has 3 aromatic rings. The Kier molecular flexibility index (Phi) is 3.84. The summed E-state index contributed by atoms with van der Waals surface area (Å²) in [5, 5.41) is 7.86. The normalized spacial score (nSPS) is 15.3. The van der Waals surface area contributed by atoms with Gasteiger partial charge in [-0.25, -0.2) is 4.79 Å². The number of benzene rings is 2. The van der Waals surface area contributed by atoms with E-state index in [1.54, 1.807) is 24.4 Å². The number of nitrogens with two attached hydrogens (primary N) is 1. The van der Waals surface area contributed by atoms with Gasteiger partial charge in [-0.05, 0) is 35.9 Å². The highest BCUT2D eigenvalue weighted by Gasteiger charge is 2.46. The smallest absolute Gasteiger partial charge is 0.399 e. The molecule has 2 heterocycles. The number of hydrogen-bond acceptors (Lipinski definition) is 5. The summed E-state index contributed by atoms with van der Waals surface area (Å²) < 4.78 is 37.8. The molecule has 10 heteroatoms. The number of rotatable bonds is 2. The quantitative estimate of drug-likeness (QED) is 0.519. The summed E-state index contributed by atoms with van der Waals surface area (Å²) in [6.07, 6.45) is -2.14. The van der Waals surface area contributed by atoms with Gasteiger partial charge in [0.05, 0.1) is 23.0 Å². The van der Waals surface area contributed by atoms with E-state index in [0.717, 1.165) is 10.9 Å². The van der Waals surface area contributed by atoms with Gasteiger partial charge in [0.25, 0.3) is 5.91 Å². The first-order valence-electron chi connectivity index (χ1n) is 7.92. The Hall–Kier alpha value is -3.82. The van der Waals surface area contributed by atoms with Gasteiger partial charge in [0, 0.05) is 16.6 Å². The second-order valence-corrected chi connectivity index (χ2v) is 6.03. The van der Waals surface area contributed by atoms with Crippen LogP contribution in [0.25, 0.3) is 22.6 Å². The minimum absolute atomic E-state index is 0.0449. The second kappa shape index (κ2) is 6.12. The topological polar surface area (TPSA) is 101 Å². The molecule has 1 aromatic heterocycles. The number of H-pyrrole nitrogens is 1. The van der Waals surface area contributed by atoms with Crippen LogP contribution in [0.1, 0.15) is 11.1 Å². The van der Waals surface area contributed by atoms with Crippen molar-refractivity contribution in [2.75, 3.05) is 10.8 Å². The van der Waals surface area contributed by atoms with Crippen LogP contribution in [0.3, 0.4) is 0 Å². The number of carbonyl (C=O) groups is 2. The van der Waals surface area contributed by atoms with Crippen molar-refractivity contribution in [3.05, 3.63) is 53.7 Å². The number of amides is 1. The van der Waals surface area contributed by atoms with Gasteiger partial charge in [0.2, 0.25) is 0 Å². The Bertz CT molecular complexity index is 1150. The van der Waals surface area contributed by atoms with Crippen LogP contribution in [-0.2, 0) is 14.4 Å². The summed E-state index contributed by atoms with van der Waals surface area (Å²) in [7, 11) is 0. The van der Waals surface area contributed by atoms with E-state index in [1.165, 1.54) is 24.3 Å². The third-order valence-corrected chi connectivity index (χ3v) is 4.13. The van der Waals surface area contributed by atoms with E-state index < -0.39 is 18.1 Å². The molecule has 0 saturated carbocycles. The average Bonchev–Trinajstić information content (AvgIpc) is 3.19. The lowest BCUT2D eigenvalue weighted by Gasteiger charge is -2.16. The molecular formula is C18H11F3N4O3. The zero-order valence-electron chi connectivity index (χ0n) is 13.9. The number of halogens is 3. The summed E-state index contributed by atoms with van der Waals surface area (Å²) in [5.41, 5.74) is 7.49. The predicted octanol–water partition coefficient (Wildman–Crippen LogP) is 3.05. The van der Waals surface area contributed by atoms with Crippen molar-refractivity contribution in [3.63, 3.8) is 0 Å². The van der Waals surface area contributed by atoms with Crippen LogP contribution in [0.15, 0.2) is 42.6 Å². The van der Waals surface area contributed by atoms with E-state index in [0.29, 0.717) is 16.2 Å². The van der Waals surface area contributed by atoms with Crippen LogP contribution in [0.2, 0.25) is 0 Å². The highest BCUT2D eigenvalue weighted by Crippen LogP contribution is 2.40. The Morgan fingerprint density at radius 3 is 2.75 bits per heavy atom. The van der Waals surface area contributed by atoms with Crippen LogP contribution >= 0.6 is 0 Å². The number of anilines is 2. The molecule has 0 fully saturated rings. The molecule has 1 aliphatic heterocycles. The van der Waals surface area contributed by atoms with Gasteiger partial charge in [-0.1, -0.05) is 12.1 Å². The van der Waals surface area contributed by atoms with Crippen molar-refractivity contribution in [1.82, 2.24) is 10.2 Å². The minimum atomic E-state index is -5.25. The zero-order valence-corrected chi connectivity index (χ0v) is 13.9. The Balaban J connectivity index is 1.78. The first-order chi connectivity index (χ1) is 13.2. The van der Waals surface area contributed by atoms with E-state index in [1.807, 2.05) is 0 Å². The molecule has 0 bridgehead atoms. The monoisotopic (exact) mass is 388 g/mol. The van der Waals surface area contributed by atoms with Crippen molar-refractivity contribution in [1.29, 1.82) is 0 Å². The number of hydroxylamine groups is 1. The molecule has 0 spiro atoms. The maximum absolute atomic E-state index is 12.7. The highest BCUT2D eigenvalue weighted by atomic mass is 19.4. The lowest BCUT2D eigenvalue weighted by atomic mass is 10.0. The van der Waals surface area contributed by atoms with Crippen LogP contribution in [0.5, 0.6) is 0 Å². The third kappa shape index (κ3) is 2.94.